The molecule has 2 aromatic rings. The molecule has 0 spiro atoms. The van der Waals surface area contributed by atoms with E-state index in [-0.39, 0.29) is 24.3 Å². The molecule has 40 heavy (non-hydrogen) atoms. The van der Waals surface area contributed by atoms with E-state index in [0.717, 1.165) is 18.4 Å². The Morgan fingerprint density at radius 1 is 1.07 bits per heavy atom. The minimum Gasteiger partial charge on any atom is -0.369 e. The number of nitrogens with zero attached hydrogens (tertiary/aromatic N) is 4. The van der Waals surface area contributed by atoms with Crippen molar-refractivity contribution in [2.75, 3.05) is 24.8 Å². The predicted molar refractivity (Wildman–Crippen MR) is 152 cm³/mol. The third kappa shape index (κ3) is 7.92. The quantitative estimate of drug-likeness (QED) is 0.262. The van der Waals surface area contributed by atoms with Gasteiger partial charge in [-0.25, -0.2) is 4.68 Å². The van der Waals surface area contributed by atoms with Gasteiger partial charge in [-0.1, -0.05) is 6.92 Å². The highest BCUT2D eigenvalue weighted by Gasteiger charge is 2.55. The third-order valence-corrected chi connectivity index (χ3v) is 8.29. The van der Waals surface area contributed by atoms with E-state index >= 15 is 0 Å². The zero-order valence-electron chi connectivity index (χ0n) is 24.9. The summed E-state index contributed by atoms with van der Waals surface area (Å²) in [4.78, 5) is 8.74. The highest BCUT2D eigenvalue weighted by molar-refractivity contribution is 7.53. The molecule has 4 atom stereocenters. The van der Waals surface area contributed by atoms with E-state index in [1.165, 1.54) is 0 Å². The minimum atomic E-state index is -3.58. The van der Waals surface area contributed by atoms with Crippen molar-refractivity contribution >= 4 is 36.0 Å². The summed E-state index contributed by atoms with van der Waals surface area (Å²) in [6, 6.07) is 0. The molecule has 226 valence electrons. The van der Waals surface area contributed by atoms with Gasteiger partial charge >= 0.3 is 7.60 Å². The molecule has 2 aliphatic heterocycles. The molecular weight excluding hydrogens is 561 g/mol. The molecule has 0 aliphatic carbocycles. The summed E-state index contributed by atoms with van der Waals surface area (Å²) >= 11 is 6.23. The fourth-order valence-electron chi connectivity index (χ4n) is 4.85. The minimum absolute atomic E-state index is 0.112. The van der Waals surface area contributed by atoms with Crippen molar-refractivity contribution < 1.29 is 32.6 Å². The van der Waals surface area contributed by atoms with E-state index < -0.39 is 42.9 Å². The van der Waals surface area contributed by atoms with Crippen LogP contribution in [0.3, 0.4) is 0 Å². The Hall–Kier alpha value is -1.37. The lowest BCUT2D eigenvalue weighted by Crippen LogP contribution is -2.33. The molecule has 12 nitrogen and oxygen atoms in total. The molecule has 4 heterocycles. The first kappa shape index (κ1) is 31.6. The van der Waals surface area contributed by atoms with Crippen molar-refractivity contribution in [1.82, 2.24) is 19.7 Å². The molecule has 0 unspecified atom stereocenters. The smallest absolute Gasteiger partial charge is 0.357 e. The van der Waals surface area contributed by atoms with Crippen LogP contribution in [0.4, 0.5) is 5.82 Å². The standard InChI is InChI=1S/C26H43ClN5O7P/c1-10-11-28-21-16-12-29-32(22(16)31-23(27)30-21)13-17-19-20(37-26(8,9)36-19)18(35-17)14-34-15-40(33,38-24(2,3)4)39-25(5,6)7/h12,17-20H,10-11,13-15H2,1-9H3,(H,28,30,31)/t17-,18-,19+,20-/m1/s1. The second-order valence-electron chi connectivity index (χ2n) is 12.6. The monoisotopic (exact) mass is 603 g/mol. The molecule has 2 saturated heterocycles. The van der Waals surface area contributed by atoms with E-state index in [0.29, 0.717) is 18.0 Å². The van der Waals surface area contributed by atoms with Crippen LogP contribution < -0.4 is 5.32 Å². The summed E-state index contributed by atoms with van der Waals surface area (Å²) in [7, 11) is -3.58. The first-order valence-electron chi connectivity index (χ1n) is 13.7. The van der Waals surface area contributed by atoms with Gasteiger partial charge in [0.25, 0.3) is 0 Å². The van der Waals surface area contributed by atoms with E-state index in [1.807, 2.05) is 55.4 Å². The van der Waals surface area contributed by atoms with Crippen LogP contribution in [0.5, 0.6) is 0 Å². The van der Waals surface area contributed by atoms with Gasteiger partial charge < -0.3 is 33.3 Å². The average Bonchev–Trinajstić information content (AvgIpc) is 3.41. The molecule has 2 fully saturated rings. The zero-order valence-corrected chi connectivity index (χ0v) is 26.5. The third-order valence-electron chi connectivity index (χ3n) is 5.97. The molecule has 2 aromatic heterocycles. The van der Waals surface area contributed by atoms with Gasteiger partial charge in [-0.15, -0.1) is 0 Å². The summed E-state index contributed by atoms with van der Waals surface area (Å²) in [5, 5.41) is 8.72. The Kier molecular flexibility index (Phi) is 9.25. The van der Waals surface area contributed by atoms with E-state index in [4.69, 9.17) is 39.6 Å². The predicted octanol–water partition coefficient (Wildman–Crippen LogP) is 5.39. The SMILES string of the molecule is CCCNc1nc(Cl)nc2c1cnn2C[C@H]1O[C@H](COCP(=O)(OC(C)(C)C)OC(C)(C)C)[C@H]2OC(C)(C)O[C@H]21. The van der Waals surface area contributed by atoms with Gasteiger partial charge in [0.05, 0.1) is 35.9 Å². The molecule has 0 radical (unpaired) electrons. The summed E-state index contributed by atoms with van der Waals surface area (Å²) in [5.41, 5.74) is -0.764. The molecule has 14 heteroatoms. The van der Waals surface area contributed by atoms with Crippen molar-refractivity contribution in [2.45, 2.75) is 117 Å². The van der Waals surface area contributed by atoms with Gasteiger partial charge in [0.1, 0.15) is 36.6 Å². The van der Waals surface area contributed by atoms with Crippen LogP contribution in [0.25, 0.3) is 11.0 Å². The molecule has 4 rings (SSSR count). The van der Waals surface area contributed by atoms with Crippen LogP contribution in [0.15, 0.2) is 6.20 Å². The molecular formula is C26H43ClN5O7P. The molecule has 2 aliphatic rings. The number of ether oxygens (including phenoxy) is 4. The second kappa shape index (κ2) is 11.7. The lowest BCUT2D eigenvalue weighted by atomic mass is 10.1. The van der Waals surface area contributed by atoms with Crippen molar-refractivity contribution in [3.63, 3.8) is 0 Å². The molecule has 0 saturated carbocycles. The zero-order chi connectivity index (χ0) is 29.5. The fourth-order valence-corrected chi connectivity index (χ4v) is 7.16. The van der Waals surface area contributed by atoms with Crippen LogP contribution in [-0.4, -0.2) is 80.7 Å². The van der Waals surface area contributed by atoms with Crippen LogP contribution in [0.1, 0.15) is 68.7 Å². The van der Waals surface area contributed by atoms with Crippen molar-refractivity contribution in [3.05, 3.63) is 11.5 Å². The van der Waals surface area contributed by atoms with Crippen LogP contribution in [0, 0.1) is 0 Å². The summed E-state index contributed by atoms with van der Waals surface area (Å²) in [6.45, 7) is 18.0. The number of rotatable bonds is 11. The number of aromatic nitrogens is 4. The normalized spacial score (nSPS) is 25.1. The molecule has 1 N–H and O–H groups in total. The molecule has 0 bridgehead atoms. The fraction of sp³-hybridized carbons (Fsp3) is 0.808. The van der Waals surface area contributed by atoms with E-state index in [2.05, 4.69) is 27.3 Å². The maximum absolute atomic E-state index is 13.6. The largest absolute Gasteiger partial charge is 0.369 e. The Bertz CT molecular complexity index is 1210. The van der Waals surface area contributed by atoms with Crippen molar-refractivity contribution in [2.24, 2.45) is 0 Å². The Morgan fingerprint density at radius 3 is 2.30 bits per heavy atom. The van der Waals surface area contributed by atoms with Gasteiger partial charge in [-0.05, 0) is 73.4 Å². The number of halogens is 1. The van der Waals surface area contributed by atoms with Crippen LogP contribution in [-0.2, 0) is 39.1 Å². The van der Waals surface area contributed by atoms with Gasteiger partial charge in [0.15, 0.2) is 11.4 Å². The second-order valence-corrected chi connectivity index (χ2v) is 14.8. The van der Waals surface area contributed by atoms with E-state index in [9.17, 15) is 4.57 Å². The summed E-state index contributed by atoms with van der Waals surface area (Å²) < 4.78 is 51.7. The van der Waals surface area contributed by atoms with Crippen LogP contribution in [0.2, 0.25) is 5.28 Å². The van der Waals surface area contributed by atoms with Crippen molar-refractivity contribution in [1.29, 1.82) is 0 Å². The van der Waals surface area contributed by atoms with Gasteiger partial charge in [0, 0.05) is 6.54 Å². The lowest BCUT2D eigenvalue weighted by molar-refractivity contribution is -0.193. The average molecular weight is 604 g/mol. The van der Waals surface area contributed by atoms with Crippen LogP contribution >= 0.6 is 19.2 Å². The van der Waals surface area contributed by atoms with E-state index in [1.54, 1.807) is 10.9 Å². The first-order chi connectivity index (χ1) is 18.5. The summed E-state index contributed by atoms with van der Waals surface area (Å²) in [5.74, 6) is -0.162. The van der Waals surface area contributed by atoms with Crippen molar-refractivity contribution in [3.8, 4) is 0 Å². The number of anilines is 1. The highest BCUT2D eigenvalue weighted by atomic mass is 35.5. The molecule has 0 amide bonds. The number of nitrogens with one attached hydrogen (secondary N) is 1. The van der Waals surface area contributed by atoms with Gasteiger partial charge in [0.2, 0.25) is 5.28 Å². The Morgan fingerprint density at radius 2 is 1.70 bits per heavy atom. The number of fused-ring (bicyclic) bond motifs is 2. The topological polar surface area (TPSA) is 128 Å². The summed E-state index contributed by atoms with van der Waals surface area (Å²) in [6.07, 6.45) is 0.778. The maximum atomic E-state index is 13.6. The first-order valence-corrected chi connectivity index (χ1v) is 15.8. The Balaban J connectivity index is 1.49. The lowest BCUT2D eigenvalue weighted by Gasteiger charge is -2.32. The Labute approximate surface area is 241 Å². The van der Waals surface area contributed by atoms with Gasteiger partial charge in [-0.2, -0.15) is 15.1 Å². The number of hydrogen-bond donors (Lipinski definition) is 1. The molecule has 0 aromatic carbocycles. The van der Waals surface area contributed by atoms with Gasteiger partial charge in [-0.3, -0.25) is 4.57 Å². The maximum Gasteiger partial charge on any atom is 0.357 e. The highest BCUT2D eigenvalue weighted by Crippen LogP contribution is 2.54. The number of hydrogen-bond acceptors (Lipinski definition) is 11.